The fourth-order valence-electron chi connectivity index (χ4n) is 0.574. The van der Waals surface area contributed by atoms with Crippen molar-refractivity contribution >= 4 is 0 Å². The van der Waals surface area contributed by atoms with E-state index in [0.717, 1.165) is 0 Å². The lowest BCUT2D eigenvalue weighted by molar-refractivity contribution is -0.749. The summed E-state index contributed by atoms with van der Waals surface area (Å²) in [6.45, 7) is 1.09. The van der Waals surface area contributed by atoms with Crippen molar-refractivity contribution in [1.82, 2.24) is 10.1 Å². The van der Waals surface area contributed by atoms with E-state index in [1.807, 2.05) is 0 Å². The van der Waals surface area contributed by atoms with Crippen LogP contribution in [0, 0.1) is 0 Å². The zero-order valence-electron chi connectivity index (χ0n) is 5.30. The topological polar surface area (TPSA) is 81.3 Å². The van der Waals surface area contributed by atoms with Crippen LogP contribution >= 0.6 is 0 Å². The molecule has 1 aromatic rings. The first-order valence-corrected chi connectivity index (χ1v) is 2.82. The Morgan fingerprint density at radius 2 is 2.70 bits per heavy atom. The molecule has 0 spiro atoms. The van der Waals surface area contributed by atoms with E-state index in [0.29, 0.717) is 13.1 Å². The Hall–Kier alpha value is -1.55. The number of H-pyrrole nitrogens is 1. The van der Waals surface area contributed by atoms with Crippen molar-refractivity contribution in [2.24, 2.45) is 5.11 Å². The molecule has 0 radical (unpaired) electrons. The Morgan fingerprint density at radius 1 is 1.80 bits per heavy atom. The van der Waals surface area contributed by atoms with E-state index < -0.39 is 0 Å². The van der Waals surface area contributed by atoms with Crippen LogP contribution in [-0.4, -0.2) is 16.6 Å². The highest BCUT2D eigenvalue weighted by Gasteiger charge is 1.94. The van der Waals surface area contributed by atoms with Gasteiger partial charge in [0, 0.05) is 4.91 Å². The molecule has 10 heavy (non-hydrogen) atoms. The molecule has 0 aliphatic carbocycles. The highest BCUT2D eigenvalue weighted by molar-refractivity contribution is 4.41. The van der Waals surface area contributed by atoms with Crippen LogP contribution in [0.25, 0.3) is 10.4 Å². The van der Waals surface area contributed by atoms with Gasteiger partial charge in [-0.15, -0.1) is 0 Å². The zero-order valence-corrected chi connectivity index (χ0v) is 5.30. The fourth-order valence-corrected chi connectivity index (χ4v) is 0.574. The van der Waals surface area contributed by atoms with Gasteiger partial charge in [0.25, 0.3) is 0 Å². The average Bonchev–Trinajstić information content (AvgIpc) is 2.41. The minimum Gasteiger partial charge on any atom is -0.194 e. The second-order valence-corrected chi connectivity index (χ2v) is 1.67. The maximum absolute atomic E-state index is 7.92. The highest BCUT2D eigenvalue weighted by atomic mass is 15.3. The molecule has 6 heteroatoms. The van der Waals surface area contributed by atoms with Crippen LogP contribution in [-0.2, 0) is 6.54 Å². The number of hydrogen-bond donors (Lipinski definition) is 1. The van der Waals surface area contributed by atoms with Crippen molar-refractivity contribution in [3.63, 3.8) is 0 Å². The minimum atomic E-state index is 0.448. The van der Waals surface area contributed by atoms with Crippen LogP contribution in [0.2, 0.25) is 0 Å². The number of nitrogens with zero attached hydrogens (tertiary/aromatic N) is 5. The Labute approximate surface area is 57.1 Å². The Morgan fingerprint density at radius 3 is 3.30 bits per heavy atom. The van der Waals surface area contributed by atoms with E-state index in [4.69, 9.17) is 5.53 Å². The van der Waals surface area contributed by atoms with E-state index in [-0.39, 0.29) is 0 Å². The maximum atomic E-state index is 7.92. The summed E-state index contributed by atoms with van der Waals surface area (Å²) in [5, 5.41) is 6.18. The van der Waals surface area contributed by atoms with Crippen LogP contribution in [0.4, 0.5) is 0 Å². The fraction of sp³-hybridized carbons (Fsp3) is 0.500. The van der Waals surface area contributed by atoms with E-state index in [9.17, 15) is 0 Å². The quantitative estimate of drug-likeness (QED) is 0.272. The van der Waals surface area contributed by atoms with Crippen molar-refractivity contribution in [2.75, 3.05) is 6.54 Å². The average molecular weight is 139 g/mol. The molecule has 1 aromatic heterocycles. The minimum absolute atomic E-state index is 0.448. The van der Waals surface area contributed by atoms with E-state index in [1.165, 1.54) is 0 Å². The van der Waals surface area contributed by atoms with Crippen LogP contribution in [0.5, 0.6) is 0 Å². The second-order valence-electron chi connectivity index (χ2n) is 1.67. The molecule has 0 saturated heterocycles. The normalized spacial score (nSPS) is 8.80. The molecule has 52 valence electrons. The van der Waals surface area contributed by atoms with Gasteiger partial charge in [0.15, 0.2) is 0 Å². The van der Waals surface area contributed by atoms with Gasteiger partial charge in [-0.25, -0.2) is 0 Å². The van der Waals surface area contributed by atoms with Gasteiger partial charge in [-0.05, 0) is 10.5 Å². The molecule has 0 aliphatic rings. The van der Waals surface area contributed by atoms with E-state index in [1.54, 1.807) is 17.3 Å². The highest BCUT2D eigenvalue weighted by Crippen LogP contribution is 1.70. The monoisotopic (exact) mass is 139 g/mol. The first kappa shape index (κ1) is 6.57. The first-order chi connectivity index (χ1) is 4.93. The summed E-state index contributed by atoms with van der Waals surface area (Å²) in [5.74, 6) is 0. The summed E-state index contributed by atoms with van der Waals surface area (Å²) >= 11 is 0. The van der Waals surface area contributed by atoms with Gasteiger partial charge >= 0.3 is 6.33 Å². The van der Waals surface area contributed by atoms with Crippen LogP contribution in [0.1, 0.15) is 0 Å². The predicted molar refractivity (Wildman–Crippen MR) is 32.8 cm³/mol. The zero-order chi connectivity index (χ0) is 7.23. The van der Waals surface area contributed by atoms with Crippen molar-refractivity contribution < 1.29 is 4.68 Å². The second kappa shape index (κ2) is 3.47. The Kier molecular flexibility index (Phi) is 2.28. The van der Waals surface area contributed by atoms with Crippen molar-refractivity contribution in [3.8, 4) is 0 Å². The molecular formula is C4H7N6+. The Balaban J connectivity index is 2.34. The van der Waals surface area contributed by atoms with E-state index in [2.05, 4.69) is 20.1 Å². The molecule has 0 amide bonds. The lowest BCUT2D eigenvalue weighted by atomic mass is 10.7. The van der Waals surface area contributed by atoms with Gasteiger partial charge in [0.2, 0.25) is 6.33 Å². The third-order valence-electron chi connectivity index (χ3n) is 1.01. The smallest absolute Gasteiger partial charge is 0.194 e. The summed E-state index contributed by atoms with van der Waals surface area (Å²) in [7, 11) is 0. The molecule has 1 heterocycles. The SMILES string of the molecule is [N-]=[N+]=NCC[n+]1cnc[nH]1. The van der Waals surface area contributed by atoms with Crippen molar-refractivity contribution in [2.45, 2.75) is 6.54 Å². The summed E-state index contributed by atoms with van der Waals surface area (Å²) in [6, 6.07) is 0. The number of nitrogens with one attached hydrogen (secondary N) is 1. The van der Waals surface area contributed by atoms with Gasteiger partial charge in [-0.3, -0.25) is 0 Å². The molecule has 0 unspecified atom stereocenters. The van der Waals surface area contributed by atoms with Crippen LogP contribution < -0.4 is 4.68 Å². The lowest BCUT2D eigenvalue weighted by Crippen LogP contribution is -2.35. The molecule has 0 saturated carbocycles. The Bertz CT molecular complexity index is 220. The predicted octanol–water partition coefficient (Wildman–Crippen LogP) is 0.00750. The summed E-state index contributed by atoms with van der Waals surface area (Å²) in [6.07, 6.45) is 3.20. The molecule has 0 aromatic carbocycles. The van der Waals surface area contributed by atoms with Crippen LogP contribution in [0.15, 0.2) is 17.8 Å². The summed E-state index contributed by atoms with van der Waals surface area (Å²) in [4.78, 5) is 6.39. The summed E-state index contributed by atoms with van der Waals surface area (Å²) in [5.41, 5.74) is 7.92. The van der Waals surface area contributed by atoms with Crippen molar-refractivity contribution in [1.29, 1.82) is 0 Å². The van der Waals surface area contributed by atoms with Gasteiger partial charge in [0.1, 0.15) is 6.54 Å². The van der Waals surface area contributed by atoms with Gasteiger partial charge in [-0.1, -0.05) is 5.11 Å². The third-order valence-corrected chi connectivity index (χ3v) is 1.01. The van der Waals surface area contributed by atoms with Gasteiger partial charge in [-0.2, -0.15) is 9.78 Å². The molecule has 1 N–H and O–H groups in total. The lowest BCUT2D eigenvalue weighted by Gasteiger charge is -1.85. The molecule has 0 bridgehead atoms. The molecule has 0 atom stereocenters. The van der Waals surface area contributed by atoms with Gasteiger partial charge in [0.05, 0.1) is 6.54 Å². The largest absolute Gasteiger partial charge is 0.306 e. The maximum Gasteiger partial charge on any atom is 0.306 e. The molecule has 0 fully saturated rings. The molecule has 1 rings (SSSR count). The van der Waals surface area contributed by atoms with Crippen molar-refractivity contribution in [3.05, 3.63) is 23.1 Å². The molecular weight excluding hydrogens is 132 g/mol. The van der Waals surface area contributed by atoms with Gasteiger partial charge < -0.3 is 0 Å². The number of aromatic nitrogens is 3. The van der Waals surface area contributed by atoms with Crippen LogP contribution in [0.3, 0.4) is 0 Å². The third kappa shape index (κ3) is 1.75. The molecule has 6 nitrogen and oxygen atoms in total. The number of rotatable bonds is 3. The molecule has 0 aliphatic heterocycles. The number of azide groups is 1. The van der Waals surface area contributed by atoms with E-state index >= 15 is 0 Å². The first-order valence-electron chi connectivity index (χ1n) is 2.82. The number of hydrogen-bond acceptors (Lipinski definition) is 2. The number of aromatic amines is 1. The standard InChI is InChI=1S/C4H6N6/c5-9-7-1-2-10-4-6-3-8-10/h3-4H,1-2H2/p+1. The summed E-state index contributed by atoms with van der Waals surface area (Å²) < 4.78 is 1.73.